The first-order chi connectivity index (χ1) is 14.5. The van der Waals surface area contributed by atoms with Crippen molar-refractivity contribution in [1.29, 1.82) is 10.5 Å². The molecule has 0 saturated heterocycles. The molecule has 2 aromatic rings. The maximum absolute atomic E-state index is 8.84. The van der Waals surface area contributed by atoms with Crippen LogP contribution < -0.4 is 0 Å². The number of rotatable bonds is 5. The lowest BCUT2D eigenvalue weighted by molar-refractivity contribution is 0.0972. The summed E-state index contributed by atoms with van der Waals surface area (Å²) in [5.74, 6) is 3.54. The third-order valence-corrected chi connectivity index (χ3v) is 6.90. The summed E-state index contributed by atoms with van der Waals surface area (Å²) in [6.45, 7) is 9.34. The van der Waals surface area contributed by atoms with Crippen LogP contribution in [0.15, 0.2) is 48.5 Å². The number of nitriles is 2. The van der Waals surface area contributed by atoms with Crippen LogP contribution in [0.5, 0.6) is 0 Å². The smallest absolute Gasteiger partial charge is 0.0991 e. The summed E-state index contributed by atoms with van der Waals surface area (Å²) in [4.78, 5) is 0. The first-order valence-corrected chi connectivity index (χ1v) is 11.5. The minimum atomic E-state index is 0.734. The first kappa shape index (κ1) is 23.7. The molecule has 2 aromatic carbocycles. The quantitative estimate of drug-likeness (QED) is 0.528. The Kier molecular flexibility index (Phi) is 9.63. The maximum atomic E-state index is 8.84. The summed E-state index contributed by atoms with van der Waals surface area (Å²) < 4.78 is 0. The van der Waals surface area contributed by atoms with Crippen molar-refractivity contribution in [3.8, 4) is 12.1 Å². The van der Waals surface area contributed by atoms with Gasteiger partial charge in [-0.3, -0.25) is 0 Å². The molecular formula is C28H36N2. The molecule has 4 unspecified atom stereocenters. The van der Waals surface area contributed by atoms with E-state index in [0.29, 0.717) is 0 Å². The Bertz CT molecular complexity index is 836. The van der Waals surface area contributed by atoms with Crippen LogP contribution in [-0.4, -0.2) is 0 Å². The Morgan fingerprint density at radius 1 is 0.733 bits per heavy atom. The lowest BCUT2D eigenvalue weighted by Crippen LogP contribution is -2.32. The largest absolute Gasteiger partial charge is 0.192 e. The molecule has 1 fully saturated rings. The predicted molar refractivity (Wildman–Crippen MR) is 125 cm³/mol. The normalized spacial score (nSPS) is 22.9. The second kappa shape index (κ2) is 12.2. The van der Waals surface area contributed by atoms with E-state index in [0.717, 1.165) is 47.6 Å². The van der Waals surface area contributed by atoms with Gasteiger partial charge in [0, 0.05) is 0 Å². The zero-order valence-corrected chi connectivity index (χ0v) is 19.1. The van der Waals surface area contributed by atoms with E-state index in [1.807, 2.05) is 36.4 Å². The zero-order chi connectivity index (χ0) is 21.9. The molecule has 0 heterocycles. The van der Waals surface area contributed by atoms with Crippen molar-refractivity contribution in [1.82, 2.24) is 0 Å². The van der Waals surface area contributed by atoms with Crippen LogP contribution in [0, 0.1) is 46.3 Å². The topological polar surface area (TPSA) is 47.6 Å². The molecule has 0 N–H and O–H groups in total. The molecule has 3 rings (SSSR count). The average Bonchev–Trinajstić information content (AvgIpc) is 2.80. The second-order valence-corrected chi connectivity index (χ2v) is 8.78. The van der Waals surface area contributed by atoms with E-state index in [1.165, 1.54) is 36.8 Å². The molecule has 1 aliphatic rings. The number of nitrogens with zero attached hydrogens (tertiary/aromatic N) is 2. The van der Waals surface area contributed by atoms with Crippen molar-refractivity contribution in [2.45, 2.75) is 66.2 Å². The fourth-order valence-corrected chi connectivity index (χ4v) is 4.90. The van der Waals surface area contributed by atoms with Crippen LogP contribution in [0.1, 0.15) is 75.6 Å². The average molecular weight is 401 g/mol. The van der Waals surface area contributed by atoms with E-state index in [4.69, 9.17) is 10.5 Å². The number of hydrogen-bond donors (Lipinski definition) is 0. The second-order valence-electron chi connectivity index (χ2n) is 8.78. The molecule has 0 bridgehead atoms. The van der Waals surface area contributed by atoms with Gasteiger partial charge in [-0.05, 0) is 78.3 Å². The number of hydrogen-bond acceptors (Lipinski definition) is 2. The summed E-state index contributed by atoms with van der Waals surface area (Å²) in [7, 11) is 0. The van der Waals surface area contributed by atoms with Gasteiger partial charge in [0.25, 0.3) is 0 Å². The highest BCUT2D eigenvalue weighted by molar-refractivity contribution is 5.32. The molecule has 0 aliphatic heterocycles. The predicted octanol–water partition coefficient (Wildman–Crippen LogP) is 7.32. The summed E-state index contributed by atoms with van der Waals surface area (Å²) in [6.07, 6.45) is 7.62. The molecule has 0 aromatic heterocycles. The fraction of sp³-hybridized carbons (Fsp3) is 0.500. The Hall–Kier alpha value is -2.58. The molecule has 158 valence electrons. The van der Waals surface area contributed by atoms with Crippen LogP contribution in [0.2, 0.25) is 0 Å². The van der Waals surface area contributed by atoms with Crippen LogP contribution in [0.3, 0.4) is 0 Å². The van der Waals surface area contributed by atoms with Crippen molar-refractivity contribution in [2.24, 2.45) is 23.7 Å². The van der Waals surface area contributed by atoms with Gasteiger partial charge in [0.1, 0.15) is 0 Å². The Balaban J connectivity index is 0.000000269. The Labute approximate surface area is 183 Å². The minimum absolute atomic E-state index is 0.734. The summed E-state index contributed by atoms with van der Waals surface area (Å²) in [5, 5.41) is 17.3. The van der Waals surface area contributed by atoms with Gasteiger partial charge in [-0.1, -0.05) is 71.2 Å². The number of aryl methyl sites for hydroxylation is 2. The van der Waals surface area contributed by atoms with Gasteiger partial charge in [-0.2, -0.15) is 10.5 Å². The van der Waals surface area contributed by atoms with Gasteiger partial charge in [0.05, 0.1) is 23.3 Å². The SMILES string of the molecule is CCC1C(C)CCC(C)C1CCc1ccc(C#N)cc1.CCc1ccc(C#N)cc1. The summed E-state index contributed by atoms with van der Waals surface area (Å²) in [6, 6.07) is 20.1. The van der Waals surface area contributed by atoms with Gasteiger partial charge in [0.15, 0.2) is 0 Å². The molecule has 2 nitrogen and oxygen atoms in total. The van der Waals surface area contributed by atoms with Gasteiger partial charge >= 0.3 is 0 Å². The van der Waals surface area contributed by atoms with Crippen molar-refractivity contribution in [3.63, 3.8) is 0 Å². The van der Waals surface area contributed by atoms with E-state index in [1.54, 1.807) is 0 Å². The molecule has 4 atom stereocenters. The first-order valence-electron chi connectivity index (χ1n) is 11.5. The third-order valence-electron chi connectivity index (χ3n) is 6.90. The van der Waals surface area contributed by atoms with Crippen molar-refractivity contribution in [3.05, 3.63) is 70.8 Å². The van der Waals surface area contributed by atoms with Gasteiger partial charge in [-0.25, -0.2) is 0 Å². The fourth-order valence-electron chi connectivity index (χ4n) is 4.90. The number of benzene rings is 2. The molecule has 2 heteroatoms. The maximum Gasteiger partial charge on any atom is 0.0991 e. The highest BCUT2D eigenvalue weighted by Crippen LogP contribution is 2.42. The minimum Gasteiger partial charge on any atom is -0.192 e. The lowest BCUT2D eigenvalue weighted by atomic mass is 9.65. The Morgan fingerprint density at radius 3 is 1.63 bits per heavy atom. The van der Waals surface area contributed by atoms with Crippen LogP contribution in [0.4, 0.5) is 0 Å². The van der Waals surface area contributed by atoms with Gasteiger partial charge in [-0.15, -0.1) is 0 Å². The van der Waals surface area contributed by atoms with Crippen molar-refractivity contribution in [2.75, 3.05) is 0 Å². The summed E-state index contributed by atoms with van der Waals surface area (Å²) >= 11 is 0. The molecule has 0 amide bonds. The van der Waals surface area contributed by atoms with E-state index >= 15 is 0 Å². The van der Waals surface area contributed by atoms with Crippen LogP contribution in [-0.2, 0) is 12.8 Å². The van der Waals surface area contributed by atoms with E-state index in [2.05, 4.69) is 52.0 Å². The van der Waals surface area contributed by atoms with Crippen LogP contribution >= 0.6 is 0 Å². The van der Waals surface area contributed by atoms with E-state index < -0.39 is 0 Å². The molecule has 1 saturated carbocycles. The zero-order valence-electron chi connectivity index (χ0n) is 19.1. The van der Waals surface area contributed by atoms with Crippen molar-refractivity contribution >= 4 is 0 Å². The van der Waals surface area contributed by atoms with Gasteiger partial charge < -0.3 is 0 Å². The highest BCUT2D eigenvalue weighted by atomic mass is 14.4. The van der Waals surface area contributed by atoms with Crippen LogP contribution in [0.25, 0.3) is 0 Å². The summed E-state index contributed by atoms with van der Waals surface area (Å²) in [5.41, 5.74) is 4.15. The Morgan fingerprint density at radius 2 is 1.20 bits per heavy atom. The molecule has 1 aliphatic carbocycles. The standard InChI is InChI=1S/C19H27N.C9H9N/c1-4-18-14(2)5-6-15(3)19(18)12-11-16-7-9-17(13-20)10-8-16;1-2-8-3-5-9(7-10)6-4-8/h7-10,14-15,18-19H,4-6,11-12H2,1-3H3;3-6H,2H2,1H3. The molecule has 0 spiro atoms. The molecule has 30 heavy (non-hydrogen) atoms. The van der Waals surface area contributed by atoms with Gasteiger partial charge in [0.2, 0.25) is 0 Å². The lowest BCUT2D eigenvalue weighted by Gasteiger charge is -2.40. The molecular weight excluding hydrogens is 364 g/mol. The van der Waals surface area contributed by atoms with E-state index in [-0.39, 0.29) is 0 Å². The van der Waals surface area contributed by atoms with Crippen molar-refractivity contribution < 1.29 is 0 Å². The third kappa shape index (κ3) is 6.74. The monoisotopic (exact) mass is 400 g/mol. The highest BCUT2D eigenvalue weighted by Gasteiger charge is 2.33. The van der Waals surface area contributed by atoms with E-state index in [9.17, 15) is 0 Å². The molecule has 0 radical (unpaired) electrons.